The highest BCUT2D eigenvalue weighted by molar-refractivity contribution is 7.98. The summed E-state index contributed by atoms with van der Waals surface area (Å²) in [5.41, 5.74) is 1.46. The summed E-state index contributed by atoms with van der Waals surface area (Å²) < 4.78 is 0. The fourth-order valence-electron chi connectivity index (χ4n) is 1.65. The van der Waals surface area contributed by atoms with Crippen LogP contribution in [0.5, 0.6) is 5.75 Å². The van der Waals surface area contributed by atoms with E-state index in [1.54, 1.807) is 36.0 Å². The number of hydrogen-bond donors (Lipinski definition) is 1. The van der Waals surface area contributed by atoms with Crippen LogP contribution in [0.4, 0.5) is 0 Å². The summed E-state index contributed by atoms with van der Waals surface area (Å²) in [7, 11) is 0. The maximum atomic E-state index is 11.9. The highest BCUT2D eigenvalue weighted by Crippen LogP contribution is 2.16. The van der Waals surface area contributed by atoms with Gasteiger partial charge in [0, 0.05) is 10.5 Å². The first-order valence-electron chi connectivity index (χ1n) is 5.84. The summed E-state index contributed by atoms with van der Waals surface area (Å²) >= 11 is 1.64. The summed E-state index contributed by atoms with van der Waals surface area (Å²) in [6.45, 7) is 0. The van der Waals surface area contributed by atoms with Crippen molar-refractivity contribution < 1.29 is 9.90 Å². The standard InChI is InChI=1S/C16H14O2S/c1-19-15-8-6-13(7-9-15)16(18)10-5-12-3-2-4-14(17)11-12/h2-11,17H,1H3. The third-order valence-corrected chi connectivity index (χ3v) is 3.42. The second-order valence-corrected chi connectivity index (χ2v) is 4.90. The summed E-state index contributed by atoms with van der Waals surface area (Å²) in [6, 6.07) is 14.3. The topological polar surface area (TPSA) is 37.3 Å². The normalized spacial score (nSPS) is 10.8. The second kappa shape index (κ2) is 6.25. The fraction of sp³-hybridized carbons (Fsp3) is 0.0625. The Balaban J connectivity index is 2.11. The smallest absolute Gasteiger partial charge is 0.185 e. The maximum Gasteiger partial charge on any atom is 0.185 e. The van der Waals surface area contributed by atoms with Gasteiger partial charge < -0.3 is 5.11 Å². The first kappa shape index (κ1) is 13.4. The molecule has 0 fully saturated rings. The Kier molecular flexibility index (Phi) is 4.42. The lowest BCUT2D eigenvalue weighted by Crippen LogP contribution is -1.93. The molecule has 2 aromatic rings. The molecule has 0 aliphatic rings. The van der Waals surface area contributed by atoms with E-state index in [0.717, 1.165) is 10.5 Å². The Morgan fingerprint density at radius 3 is 2.53 bits per heavy atom. The fourth-order valence-corrected chi connectivity index (χ4v) is 2.06. The summed E-state index contributed by atoms with van der Waals surface area (Å²) in [5.74, 6) is 0.148. The van der Waals surface area contributed by atoms with Crippen molar-refractivity contribution in [2.45, 2.75) is 4.90 Å². The van der Waals surface area contributed by atoms with Crippen molar-refractivity contribution in [3.8, 4) is 5.75 Å². The number of phenols is 1. The number of carbonyl (C=O) groups is 1. The van der Waals surface area contributed by atoms with Crippen LogP contribution >= 0.6 is 11.8 Å². The van der Waals surface area contributed by atoms with Gasteiger partial charge in [-0.05, 0) is 54.3 Å². The number of hydrogen-bond acceptors (Lipinski definition) is 3. The maximum absolute atomic E-state index is 11.9. The van der Waals surface area contributed by atoms with Crippen molar-refractivity contribution in [3.05, 3.63) is 65.7 Å². The Morgan fingerprint density at radius 2 is 1.89 bits per heavy atom. The molecule has 0 radical (unpaired) electrons. The number of allylic oxidation sites excluding steroid dienone is 1. The van der Waals surface area contributed by atoms with Gasteiger partial charge in [0.1, 0.15) is 5.75 Å². The molecule has 96 valence electrons. The third kappa shape index (κ3) is 3.73. The third-order valence-electron chi connectivity index (χ3n) is 2.67. The lowest BCUT2D eigenvalue weighted by molar-refractivity contribution is 0.104. The molecule has 3 heteroatoms. The average Bonchev–Trinajstić information content (AvgIpc) is 2.45. The number of phenolic OH excluding ortho intramolecular Hbond substituents is 1. The number of rotatable bonds is 4. The molecule has 0 bridgehead atoms. The van der Waals surface area contributed by atoms with E-state index in [1.165, 1.54) is 6.08 Å². The van der Waals surface area contributed by atoms with Crippen molar-refractivity contribution in [3.63, 3.8) is 0 Å². The predicted molar refractivity (Wildman–Crippen MR) is 79.7 cm³/mol. The summed E-state index contributed by atoms with van der Waals surface area (Å²) in [4.78, 5) is 13.1. The Hall–Kier alpha value is -2.00. The van der Waals surface area contributed by atoms with E-state index in [4.69, 9.17) is 0 Å². The lowest BCUT2D eigenvalue weighted by atomic mass is 10.1. The van der Waals surface area contributed by atoms with Crippen LogP contribution in [-0.2, 0) is 0 Å². The van der Waals surface area contributed by atoms with E-state index in [0.29, 0.717) is 5.56 Å². The molecule has 0 saturated carbocycles. The van der Waals surface area contributed by atoms with Crippen molar-refractivity contribution >= 4 is 23.6 Å². The molecule has 0 amide bonds. The average molecular weight is 270 g/mol. The van der Waals surface area contributed by atoms with Crippen LogP contribution in [0.15, 0.2) is 59.5 Å². The largest absolute Gasteiger partial charge is 0.508 e. The highest BCUT2D eigenvalue weighted by Gasteiger charge is 2.01. The van der Waals surface area contributed by atoms with E-state index in [9.17, 15) is 9.90 Å². The van der Waals surface area contributed by atoms with Crippen LogP contribution in [0.3, 0.4) is 0 Å². The van der Waals surface area contributed by atoms with Crippen LogP contribution < -0.4 is 0 Å². The number of ketones is 1. The number of aromatic hydroxyl groups is 1. The SMILES string of the molecule is CSc1ccc(C(=O)C=Cc2cccc(O)c2)cc1. The van der Waals surface area contributed by atoms with Gasteiger partial charge in [-0.25, -0.2) is 0 Å². The molecule has 2 aromatic carbocycles. The molecule has 0 aromatic heterocycles. The van der Waals surface area contributed by atoms with Gasteiger partial charge in [-0.1, -0.05) is 18.2 Å². The minimum absolute atomic E-state index is 0.0454. The molecule has 0 spiro atoms. The van der Waals surface area contributed by atoms with Crippen molar-refractivity contribution in [2.75, 3.05) is 6.26 Å². The quantitative estimate of drug-likeness (QED) is 0.518. The monoisotopic (exact) mass is 270 g/mol. The van der Waals surface area contributed by atoms with Crippen LogP contribution in [0.1, 0.15) is 15.9 Å². The van der Waals surface area contributed by atoms with E-state index < -0.39 is 0 Å². The van der Waals surface area contributed by atoms with Crippen molar-refractivity contribution in [1.82, 2.24) is 0 Å². The Labute approximate surface area is 116 Å². The van der Waals surface area contributed by atoms with Gasteiger partial charge in [0.2, 0.25) is 0 Å². The van der Waals surface area contributed by atoms with Gasteiger partial charge in [-0.3, -0.25) is 4.79 Å². The van der Waals surface area contributed by atoms with Gasteiger partial charge in [0.05, 0.1) is 0 Å². The molecule has 0 aliphatic heterocycles. The lowest BCUT2D eigenvalue weighted by Gasteiger charge is -1.99. The summed E-state index contributed by atoms with van der Waals surface area (Å²) in [5, 5.41) is 9.33. The number of carbonyl (C=O) groups excluding carboxylic acids is 1. The zero-order chi connectivity index (χ0) is 13.7. The summed E-state index contributed by atoms with van der Waals surface area (Å²) in [6.07, 6.45) is 5.21. The molecule has 0 saturated heterocycles. The van der Waals surface area contributed by atoms with E-state index in [-0.39, 0.29) is 11.5 Å². The molecule has 0 heterocycles. The number of benzene rings is 2. The van der Waals surface area contributed by atoms with E-state index >= 15 is 0 Å². The highest BCUT2D eigenvalue weighted by atomic mass is 32.2. The molecule has 0 unspecified atom stereocenters. The predicted octanol–water partition coefficient (Wildman–Crippen LogP) is 4.01. The molecule has 0 atom stereocenters. The van der Waals surface area contributed by atoms with Crippen molar-refractivity contribution in [1.29, 1.82) is 0 Å². The van der Waals surface area contributed by atoms with Crippen LogP contribution in [0.2, 0.25) is 0 Å². The van der Waals surface area contributed by atoms with E-state index in [2.05, 4.69) is 0 Å². The second-order valence-electron chi connectivity index (χ2n) is 4.02. The molecule has 2 nitrogen and oxygen atoms in total. The van der Waals surface area contributed by atoms with Gasteiger partial charge in [0.15, 0.2) is 5.78 Å². The first-order chi connectivity index (χ1) is 9.19. The Bertz CT molecular complexity index is 600. The van der Waals surface area contributed by atoms with E-state index in [1.807, 2.05) is 36.6 Å². The molecule has 0 aliphatic carbocycles. The van der Waals surface area contributed by atoms with Crippen LogP contribution in [0, 0.1) is 0 Å². The zero-order valence-electron chi connectivity index (χ0n) is 10.5. The van der Waals surface area contributed by atoms with Crippen LogP contribution in [0.25, 0.3) is 6.08 Å². The van der Waals surface area contributed by atoms with Gasteiger partial charge in [-0.15, -0.1) is 11.8 Å². The molecular weight excluding hydrogens is 256 g/mol. The van der Waals surface area contributed by atoms with Gasteiger partial charge in [-0.2, -0.15) is 0 Å². The van der Waals surface area contributed by atoms with Gasteiger partial charge in [0.25, 0.3) is 0 Å². The minimum atomic E-state index is -0.0454. The van der Waals surface area contributed by atoms with Crippen LogP contribution in [-0.4, -0.2) is 17.1 Å². The molecule has 2 rings (SSSR count). The first-order valence-corrected chi connectivity index (χ1v) is 7.07. The molecular formula is C16H14O2S. The Morgan fingerprint density at radius 1 is 1.16 bits per heavy atom. The zero-order valence-corrected chi connectivity index (χ0v) is 11.4. The molecule has 1 N–H and O–H groups in total. The van der Waals surface area contributed by atoms with Gasteiger partial charge >= 0.3 is 0 Å². The van der Waals surface area contributed by atoms with Crippen molar-refractivity contribution in [2.24, 2.45) is 0 Å². The number of thioether (sulfide) groups is 1. The minimum Gasteiger partial charge on any atom is -0.508 e. The molecule has 19 heavy (non-hydrogen) atoms.